The molecule has 0 unspecified atom stereocenters. The van der Waals surface area contributed by atoms with Crippen LogP contribution in [0.1, 0.15) is 11.1 Å². The van der Waals surface area contributed by atoms with Crippen molar-refractivity contribution in [1.82, 2.24) is 5.43 Å². The van der Waals surface area contributed by atoms with Crippen molar-refractivity contribution in [2.45, 2.75) is 5.75 Å². The van der Waals surface area contributed by atoms with Crippen molar-refractivity contribution < 1.29 is 4.79 Å². The number of benzene rings is 2. The maximum atomic E-state index is 11.8. The number of anilines is 1. The van der Waals surface area contributed by atoms with E-state index in [2.05, 4.69) is 42.4 Å². The van der Waals surface area contributed by atoms with Crippen LogP contribution in [-0.2, 0) is 10.5 Å². The van der Waals surface area contributed by atoms with Crippen LogP contribution in [0.15, 0.2) is 56.5 Å². The van der Waals surface area contributed by atoms with Gasteiger partial charge in [-0.05, 0) is 45.3 Å². The van der Waals surface area contributed by atoms with E-state index < -0.39 is 0 Å². The zero-order valence-electron chi connectivity index (χ0n) is 14.0. The van der Waals surface area contributed by atoms with Crippen LogP contribution in [0, 0.1) is 0 Å². The SMILES string of the molecule is CN(C)c1ccc(/C=N/NC(=O)CSCc2ccccc2Br)cc1Br. The third kappa shape index (κ3) is 6.49. The number of hydrogen-bond acceptors (Lipinski definition) is 4. The first-order valence-electron chi connectivity index (χ1n) is 7.57. The fourth-order valence-corrected chi connectivity index (χ4v) is 4.23. The molecule has 1 N–H and O–H groups in total. The van der Waals surface area contributed by atoms with Gasteiger partial charge in [0, 0.05) is 28.8 Å². The van der Waals surface area contributed by atoms with Crippen molar-refractivity contribution in [3.05, 3.63) is 62.5 Å². The Kier molecular flexibility index (Phi) is 7.99. The summed E-state index contributed by atoms with van der Waals surface area (Å²) in [5, 5.41) is 4.02. The first-order chi connectivity index (χ1) is 12.0. The number of carbonyl (C=O) groups is 1. The van der Waals surface area contributed by atoms with Crippen LogP contribution in [0.2, 0.25) is 0 Å². The highest BCUT2D eigenvalue weighted by atomic mass is 79.9. The van der Waals surface area contributed by atoms with Crippen LogP contribution < -0.4 is 10.3 Å². The Morgan fingerprint density at radius 2 is 1.96 bits per heavy atom. The van der Waals surface area contributed by atoms with Crippen LogP contribution in [-0.4, -0.2) is 32.0 Å². The van der Waals surface area contributed by atoms with Gasteiger partial charge in [0.2, 0.25) is 5.91 Å². The van der Waals surface area contributed by atoms with Gasteiger partial charge in [0.15, 0.2) is 0 Å². The van der Waals surface area contributed by atoms with Gasteiger partial charge in [-0.1, -0.05) is 40.2 Å². The van der Waals surface area contributed by atoms with E-state index in [4.69, 9.17) is 0 Å². The minimum Gasteiger partial charge on any atom is -0.377 e. The Bertz CT molecular complexity index is 766. The summed E-state index contributed by atoms with van der Waals surface area (Å²) in [5.74, 6) is 1.02. The Hall–Kier alpha value is -1.31. The van der Waals surface area contributed by atoms with Crippen LogP contribution in [0.25, 0.3) is 0 Å². The lowest BCUT2D eigenvalue weighted by atomic mass is 10.2. The van der Waals surface area contributed by atoms with Gasteiger partial charge in [-0.25, -0.2) is 5.43 Å². The van der Waals surface area contributed by atoms with Crippen molar-refractivity contribution in [3.63, 3.8) is 0 Å². The van der Waals surface area contributed by atoms with Gasteiger partial charge in [-0.3, -0.25) is 4.79 Å². The maximum Gasteiger partial charge on any atom is 0.250 e. The van der Waals surface area contributed by atoms with Gasteiger partial charge >= 0.3 is 0 Å². The van der Waals surface area contributed by atoms with Gasteiger partial charge in [0.25, 0.3) is 0 Å². The van der Waals surface area contributed by atoms with E-state index >= 15 is 0 Å². The Morgan fingerprint density at radius 1 is 1.20 bits per heavy atom. The van der Waals surface area contributed by atoms with Crippen LogP contribution in [0.4, 0.5) is 5.69 Å². The molecule has 4 nitrogen and oxygen atoms in total. The second-order valence-corrected chi connectivity index (χ2v) is 8.18. The van der Waals surface area contributed by atoms with E-state index in [1.807, 2.05) is 61.5 Å². The molecule has 0 aromatic heterocycles. The topological polar surface area (TPSA) is 44.7 Å². The summed E-state index contributed by atoms with van der Waals surface area (Å²) in [6.07, 6.45) is 1.64. The molecule has 0 saturated carbocycles. The minimum atomic E-state index is -0.114. The number of nitrogens with zero attached hydrogens (tertiary/aromatic N) is 2. The molecule has 0 aliphatic carbocycles. The van der Waals surface area contributed by atoms with Crippen molar-refractivity contribution in [2.75, 3.05) is 24.7 Å². The summed E-state index contributed by atoms with van der Waals surface area (Å²) < 4.78 is 2.05. The first-order valence-corrected chi connectivity index (χ1v) is 10.3. The predicted molar refractivity (Wildman–Crippen MR) is 115 cm³/mol. The summed E-state index contributed by atoms with van der Waals surface area (Å²) in [6, 6.07) is 13.9. The van der Waals surface area contributed by atoms with Gasteiger partial charge in [-0.2, -0.15) is 5.10 Å². The molecule has 2 aromatic rings. The lowest BCUT2D eigenvalue weighted by Crippen LogP contribution is -2.19. The van der Waals surface area contributed by atoms with Crippen molar-refractivity contribution in [3.8, 4) is 0 Å². The molecule has 0 saturated heterocycles. The minimum absolute atomic E-state index is 0.114. The average molecular weight is 485 g/mol. The molecule has 0 radical (unpaired) electrons. The highest BCUT2D eigenvalue weighted by Gasteiger charge is 2.04. The summed E-state index contributed by atoms with van der Waals surface area (Å²) in [6.45, 7) is 0. The Morgan fingerprint density at radius 3 is 2.64 bits per heavy atom. The highest BCUT2D eigenvalue weighted by Crippen LogP contribution is 2.25. The fraction of sp³-hybridized carbons (Fsp3) is 0.222. The molecule has 1 amide bonds. The predicted octanol–water partition coefficient (Wildman–Crippen LogP) is 4.66. The molecular weight excluding hydrogens is 466 g/mol. The Labute approximate surface area is 169 Å². The number of carbonyl (C=O) groups excluding carboxylic acids is 1. The molecule has 132 valence electrons. The lowest BCUT2D eigenvalue weighted by Gasteiger charge is -2.14. The number of amides is 1. The molecule has 0 spiro atoms. The van der Waals surface area contributed by atoms with Crippen LogP contribution in [0.3, 0.4) is 0 Å². The second kappa shape index (κ2) is 9.99. The summed E-state index contributed by atoms with van der Waals surface area (Å²) in [4.78, 5) is 13.9. The van der Waals surface area contributed by atoms with Gasteiger partial charge in [0.1, 0.15) is 0 Å². The third-order valence-corrected chi connectivity index (χ3v) is 5.70. The molecule has 2 aromatic carbocycles. The number of hydrogen-bond donors (Lipinski definition) is 1. The average Bonchev–Trinajstić information content (AvgIpc) is 2.56. The van der Waals surface area contributed by atoms with E-state index in [9.17, 15) is 4.79 Å². The van der Waals surface area contributed by atoms with Gasteiger partial charge < -0.3 is 4.90 Å². The van der Waals surface area contributed by atoms with Crippen molar-refractivity contribution in [2.24, 2.45) is 5.10 Å². The molecule has 0 heterocycles. The second-order valence-electron chi connectivity index (χ2n) is 5.48. The maximum absolute atomic E-state index is 11.8. The quantitative estimate of drug-likeness (QED) is 0.459. The number of nitrogens with one attached hydrogen (secondary N) is 1. The standard InChI is InChI=1S/C18H19Br2N3OS/c1-23(2)17-8-7-13(9-16(17)20)10-21-22-18(24)12-25-11-14-5-3-4-6-15(14)19/h3-10H,11-12H2,1-2H3,(H,22,24)/b21-10+. The van der Waals surface area contributed by atoms with Gasteiger partial charge in [0.05, 0.1) is 17.7 Å². The molecule has 0 fully saturated rings. The van der Waals surface area contributed by atoms with E-state index in [1.165, 1.54) is 5.56 Å². The monoisotopic (exact) mass is 483 g/mol. The van der Waals surface area contributed by atoms with Gasteiger partial charge in [-0.15, -0.1) is 11.8 Å². The number of hydrazone groups is 1. The summed E-state index contributed by atoms with van der Waals surface area (Å²) >= 11 is 8.59. The molecule has 7 heteroatoms. The molecule has 25 heavy (non-hydrogen) atoms. The molecule has 0 aliphatic heterocycles. The highest BCUT2D eigenvalue weighted by molar-refractivity contribution is 9.11. The van der Waals surface area contributed by atoms with Crippen LogP contribution in [0.5, 0.6) is 0 Å². The normalized spacial score (nSPS) is 10.9. The summed E-state index contributed by atoms with van der Waals surface area (Å²) in [5.41, 5.74) is 5.74. The van der Waals surface area contributed by atoms with E-state index in [1.54, 1.807) is 18.0 Å². The third-order valence-electron chi connectivity index (χ3n) is 3.30. The lowest BCUT2D eigenvalue weighted by molar-refractivity contribution is -0.118. The van der Waals surface area contributed by atoms with Crippen molar-refractivity contribution >= 4 is 61.4 Å². The number of halogens is 2. The zero-order valence-corrected chi connectivity index (χ0v) is 18.0. The molecule has 2 rings (SSSR count). The zero-order chi connectivity index (χ0) is 18.2. The van der Waals surface area contributed by atoms with E-state index in [-0.39, 0.29) is 5.91 Å². The molecular formula is C18H19Br2N3OS. The molecule has 0 aliphatic rings. The fourth-order valence-electron chi connectivity index (χ4n) is 2.05. The van der Waals surface area contributed by atoms with E-state index in [0.29, 0.717) is 5.75 Å². The summed E-state index contributed by atoms with van der Waals surface area (Å²) in [7, 11) is 3.97. The van der Waals surface area contributed by atoms with Crippen molar-refractivity contribution in [1.29, 1.82) is 0 Å². The first kappa shape index (κ1) is 20.0. The Balaban J connectivity index is 1.79. The number of rotatable bonds is 7. The molecule has 0 bridgehead atoms. The smallest absolute Gasteiger partial charge is 0.250 e. The van der Waals surface area contributed by atoms with E-state index in [0.717, 1.165) is 25.9 Å². The largest absolute Gasteiger partial charge is 0.377 e. The van der Waals surface area contributed by atoms with Crippen LogP contribution >= 0.6 is 43.6 Å². The molecule has 0 atom stereocenters. The number of thioether (sulfide) groups is 1.